The third-order valence-electron chi connectivity index (χ3n) is 3.36. The van der Waals surface area contributed by atoms with Crippen molar-refractivity contribution in [3.05, 3.63) is 80.8 Å². The van der Waals surface area contributed by atoms with Gasteiger partial charge >= 0.3 is 0 Å². The summed E-state index contributed by atoms with van der Waals surface area (Å²) < 4.78 is 0. The van der Waals surface area contributed by atoms with Gasteiger partial charge in [-0.05, 0) is 11.6 Å². The van der Waals surface area contributed by atoms with E-state index in [1.165, 1.54) is 18.2 Å². The second kappa shape index (κ2) is 6.92. The first-order valence-corrected chi connectivity index (χ1v) is 8.22. The number of nitrogens with zero attached hydrogens (tertiary/aromatic N) is 2. The molecule has 0 amide bonds. The summed E-state index contributed by atoms with van der Waals surface area (Å²) >= 11 is 6.60. The second-order valence-electron chi connectivity index (χ2n) is 4.97. The summed E-state index contributed by atoms with van der Waals surface area (Å²) in [7, 11) is 0. The highest BCUT2D eigenvalue weighted by atomic mass is 35.5. The second-order valence-corrected chi connectivity index (χ2v) is 6.32. The normalized spacial score (nSPS) is 10.4. The lowest BCUT2D eigenvalue weighted by Crippen LogP contribution is -2.06. The van der Waals surface area contributed by atoms with E-state index in [0.29, 0.717) is 5.01 Å². The molecule has 0 N–H and O–H groups in total. The summed E-state index contributed by atoms with van der Waals surface area (Å²) in [5, 5.41) is 10.6. The van der Waals surface area contributed by atoms with Crippen molar-refractivity contribution in [2.75, 3.05) is 0 Å². The van der Waals surface area contributed by atoms with Gasteiger partial charge in [-0.25, -0.2) is 4.98 Å². The van der Waals surface area contributed by atoms with Crippen LogP contribution in [0.1, 0.15) is 25.7 Å². The minimum atomic E-state index is -0.798. The molecular weight excluding hydrogens is 364 g/mol. The minimum Gasteiger partial charge on any atom is -0.287 e. The number of ketones is 1. The van der Waals surface area contributed by atoms with Crippen molar-refractivity contribution in [3.8, 4) is 10.6 Å². The molecule has 25 heavy (non-hydrogen) atoms. The van der Waals surface area contributed by atoms with E-state index >= 15 is 0 Å². The zero-order valence-electron chi connectivity index (χ0n) is 12.5. The number of rotatable bonds is 5. The maximum Gasteiger partial charge on any atom is 0.270 e. The van der Waals surface area contributed by atoms with Crippen LogP contribution in [0, 0.1) is 10.1 Å². The summed E-state index contributed by atoms with van der Waals surface area (Å²) in [6.45, 7) is 0. The molecule has 2 aromatic carbocycles. The van der Waals surface area contributed by atoms with E-state index in [1.807, 2.05) is 6.07 Å². The van der Waals surface area contributed by atoms with E-state index in [-0.39, 0.29) is 21.8 Å². The molecular formula is C17H9ClN2O4S. The monoisotopic (exact) mass is 372 g/mol. The average Bonchev–Trinajstić information content (AvgIpc) is 3.07. The van der Waals surface area contributed by atoms with Gasteiger partial charge in [0.1, 0.15) is 15.6 Å². The molecule has 124 valence electrons. The third kappa shape index (κ3) is 3.47. The topological polar surface area (TPSA) is 90.2 Å². The van der Waals surface area contributed by atoms with Crippen LogP contribution in [0.25, 0.3) is 10.6 Å². The zero-order valence-corrected chi connectivity index (χ0v) is 14.1. The highest BCUT2D eigenvalue weighted by Gasteiger charge is 2.25. The first-order valence-electron chi connectivity index (χ1n) is 7.02. The van der Waals surface area contributed by atoms with Gasteiger partial charge in [-0.2, -0.15) is 0 Å². The van der Waals surface area contributed by atoms with E-state index in [0.717, 1.165) is 23.0 Å². The van der Waals surface area contributed by atoms with E-state index in [4.69, 9.17) is 11.6 Å². The molecule has 0 atom stereocenters. The Morgan fingerprint density at radius 2 is 1.80 bits per heavy atom. The maximum absolute atomic E-state index is 12.7. The van der Waals surface area contributed by atoms with Crippen molar-refractivity contribution >= 4 is 39.7 Å². The summed E-state index contributed by atoms with van der Waals surface area (Å²) in [5.74, 6) is -0.592. The minimum absolute atomic E-state index is 0.0111. The fourth-order valence-electron chi connectivity index (χ4n) is 2.21. The van der Waals surface area contributed by atoms with Gasteiger partial charge < -0.3 is 0 Å². The number of non-ortho nitro benzene ring substituents is 1. The van der Waals surface area contributed by atoms with Crippen LogP contribution in [0.5, 0.6) is 0 Å². The molecule has 0 aliphatic carbocycles. The molecule has 8 heteroatoms. The Bertz CT molecular complexity index is 985. The fraction of sp³-hybridized carbons (Fsp3) is 0. The summed E-state index contributed by atoms with van der Waals surface area (Å²) in [6.07, 6.45) is 0. The highest BCUT2D eigenvalue weighted by molar-refractivity contribution is 7.18. The molecule has 3 rings (SSSR count). The van der Waals surface area contributed by atoms with Gasteiger partial charge in [0.25, 0.3) is 10.9 Å². The lowest BCUT2D eigenvalue weighted by molar-refractivity contribution is -0.384. The number of nitro benzene ring substituents is 1. The molecule has 1 aromatic heterocycles. The van der Waals surface area contributed by atoms with Crippen LogP contribution in [0.4, 0.5) is 5.69 Å². The van der Waals surface area contributed by atoms with Gasteiger partial charge in [0.05, 0.1) is 4.92 Å². The van der Waals surface area contributed by atoms with Gasteiger partial charge in [0, 0.05) is 23.3 Å². The molecule has 0 saturated carbocycles. The molecule has 0 aliphatic heterocycles. The van der Waals surface area contributed by atoms with E-state index < -0.39 is 15.9 Å². The SMILES string of the molecule is O=C(c1cccc([N+](=O)[O-])c1)c1nc(-c2ccccc2)sc1C(=O)Cl. The largest absolute Gasteiger partial charge is 0.287 e. The van der Waals surface area contributed by atoms with Crippen LogP contribution in [0.2, 0.25) is 0 Å². The number of hydrogen-bond acceptors (Lipinski definition) is 6. The number of carbonyl (C=O) groups is 2. The predicted octanol–water partition coefficient (Wildman–Crippen LogP) is 4.33. The molecule has 3 aromatic rings. The van der Waals surface area contributed by atoms with E-state index in [1.54, 1.807) is 24.3 Å². The lowest BCUT2D eigenvalue weighted by Gasteiger charge is -1.99. The molecule has 0 unspecified atom stereocenters. The standard InChI is InChI=1S/C17H9ClN2O4S/c18-16(22)15-13(19-17(25-15)10-5-2-1-3-6-10)14(21)11-7-4-8-12(9-11)20(23)24/h1-9H. The van der Waals surface area contributed by atoms with Crippen molar-refractivity contribution in [2.24, 2.45) is 0 Å². The van der Waals surface area contributed by atoms with Crippen molar-refractivity contribution in [3.63, 3.8) is 0 Å². The molecule has 0 bridgehead atoms. The summed E-state index contributed by atoms with van der Waals surface area (Å²) in [4.78, 5) is 38.9. The Morgan fingerprint density at radius 1 is 1.08 bits per heavy atom. The van der Waals surface area contributed by atoms with Gasteiger partial charge in [0.15, 0.2) is 0 Å². The van der Waals surface area contributed by atoms with Crippen LogP contribution in [0.15, 0.2) is 54.6 Å². The number of carbonyl (C=O) groups excluding carboxylic acids is 2. The average molecular weight is 373 g/mol. The Morgan fingerprint density at radius 3 is 2.44 bits per heavy atom. The van der Waals surface area contributed by atoms with Crippen molar-refractivity contribution in [1.82, 2.24) is 4.98 Å². The van der Waals surface area contributed by atoms with Crippen molar-refractivity contribution < 1.29 is 14.5 Å². The molecule has 0 aliphatic rings. The molecule has 1 heterocycles. The van der Waals surface area contributed by atoms with Gasteiger partial charge in [-0.1, -0.05) is 42.5 Å². The number of halogens is 1. The maximum atomic E-state index is 12.7. The van der Waals surface area contributed by atoms with Crippen LogP contribution in [-0.4, -0.2) is 20.9 Å². The van der Waals surface area contributed by atoms with Gasteiger partial charge in [0.2, 0.25) is 5.78 Å². The van der Waals surface area contributed by atoms with Crippen LogP contribution >= 0.6 is 22.9 Å². The Balaban J connectivity index is 2.08. The predicted molar refractivity (Wildman–Crippen MR) is 94.3 cm³/mol. The first-order chi connectivity index (χ1) is 12.0. The van der Waals surface area contributed by atoms with Crippen LogP contribution < -0.4 is 0 Å². The molecule has 6 nitrogen and oxygen atoms in total. The highest BCUT2D eigenvalue weighted by Crippen LogP contribution is 2.30. The molecule has 0 fully saturated rings. The van der Waals surface area contributed by atoms with Crippen molar-refractivity contribution in [2.45, 2.75) is 0 Å². The molecule has 0 saturated heterocycles. The number of hydrogen-bond donors (Lipinski definition) is 0. The van der Waals surface area contributed by atoms with E-state index in [9.17, 15) is 19.7 Å². The molecule has 0 spiro atoms. The van der Waals surface area contributed by atoms with E-state index in [2.05, 4.69) is 4.98 Å². The fourth-order valence-corrected chi connectivity index (χ4v) is 3.31. The summed E-state index contributed by atoms with van der Waals surface area (Å²) in [5.41, 5.74) is 0.482. The Hall–Kier alpha value is -2.90. The number of nitro groups is 1. The van der Waals surface area contributed by atoms with Crippen LogP contribution in [0.3, 0.4) is 0 Å². The Labute approximate surface area is 150 Å². The van der Waals surface area contributed by atoms with Gasteiger partial charge in [-0.15, -0.1) is 11.3 Å². The summed E-state index contributed by atoms with van der Waals surface area (Å²) in [6, 6.07) is 14.3. The van der Waals surface area contributed by atoms with Crippen molar-refractivity contribution in [1.29, 1.82) is 0 Å². The van der Waals surface area contributed by atoms with Gasteiger partial charge in [-0.3, -0.25) is 19.7 Å². The lowest BCUT2D eigenvalue weighted by atomic mass is 10.1. The van der Waals surface area contributed by atoms with Crippen LogP contribution in [-0.2, 0) is 0 Å². The number of benzene rings is 2. The smallest absolute Gasteiger partial charge is 0.270 e. The molecule has 0 radical (unpaired) electrons. The zero-order chi connectivity index (χ0) is 18.0. The first kappa shape index (κ1) is 16.9. The quantitative estimate of drug-likeness (QED) is 0.288. The number of thiazole rings is 1. The number of aromatic nitrogens is 1. The third-order valence-corrected chi connectivity index (χ3v) is 4.76. The Kier molecular flexibility index (Phi) is 4.69.